The van der Waals surface area contributed by atoms with Gasteiger partial charge in [-0.25, -0.2) is 4.98 Å². The minimum atomic E-state index is 0.580. The Morgan fingerprint density at radius 1 is 0.917 bits per heavy atom. The van der Waals surface area contributed by atoms with Gasteiger partial charge in [0.15, 0.2) is 0 Å². The molecular formula is C19H25Br2N3. The first-order chi connectivity index (χ1) is 11.7. The average Bonchev–Trinajstić information content (AvgIpc) is 2.95. The first-order valence-corrected chi connectivity index (χ1v) is 10.9. The number of rotatable bonds is 3. The fraction of sp³-hybridized carbons (Fsp3) is 0.632. The van der Waals surface area contributed by atoms with E-state index in [0.29, 0.717) is 12.1 Å². The van der Waals surface area contributed by atoms with Crippen molar-refractivity contribution in [3.63, 3.8) is 0 Å². The lowest BCUT2D eigenvalue weighted by atomic mass is 9.94. The van der Waals surface area contributed by atoms with Crippen molar-refractivity contribution in [2.24, 2.45) is 0 Å². The number of nitrogens with one attached hydrogen (secondary N) is 1. The van der Waals surface area contributed by atoms with Crippen LogP contribution in [0, 0.1) is 0 Å². The quantitative estimate of drug-likeness (QED) is 0.551. The summed E-state index contributed by atoms with van der Waals surface area (Å²) in [5, 5.41) is 3.80. The van der Waals surface area contributed by atoms with Crippen molar-refractivity contribution in [3.05, 3.63) is 21.1 Å². The number of anilines is 1. The largest absolute Gasteiger partial charge is 0.353 e. The summed E-state index contributed by atoms with van der Waals surface area (Å²) in [4.78, 5) is 5.01. The second-order valence-corrected chi connectivity index (χ2v) is 9.10. The second kappa shape index (κ2) is 7.36. The summed E-state index contributed by atoms with van der Waals surface area (Å²) >= 11 is 7.37. The lowest BCUT2D eigenvalue weighted by Crippen LogP contribution is -2.25. The van der Waals surface area contributed by atoms with Crippen molar-refractivity contribution in [3.8, 4) is 0 Å². The molecule has 2 aliphatic carbocycles. The SMILES string of the molecule is Brc1cc(Br)c2nc(NC3CCCCC3)n(C3CCCCC3)c2c1. The highest BCUT2D eigenvalue weighted by Gasteiger charge is 2.24. The second-order valence-electron chi connectivity index (χ2n) is 7.33. The van der Waals surface area contributed by atoms with E-state index >= 15 is 0 Å². The molecule has 2 fully saturated rings. The van der Waals surface area contributed by atoms with Crippen LogP contribution in [0.3, 0.4) is 0 Å². The summed E-state index contributed by atoms with van der Waals surface area (Å²) in [5.41, 5.74) is 2.34. The Morgan fingerprint density at radius 3 is 2.29 bits per heavy atom. The van der Waals surface area contributed by atoms with Gasteiger partial charge in [-0.05, 0) is 53.7 Å². The Bertz CT molecular complexity index is 713. The maximum Gasteiger partial charge on any atom is 0.204 e. The van der Waals surface area contributed by atoms with Crippen molar-refractivity contribution >= 4 is 48.8 Å². The minimum Gasteiger partial charge on any atom is -0.353 e. The maximum atomic E-state index is 5.01. The fourth-order valence-electron chi connectivity index (χ4n) is 4.36. The predicted molar refractivity (Wildman–Crippen MR) is 108 cm³/mol. The lowest BCUT2D eigenvalue weighted by molar-refractivity contribution is 0.360. The molecule has 0 aliphatic heterocycles. The van der Waals surface area contributed by atoms with Crippen LogP contribution in [-0.2, 0) is 0 Å². The van der Waals surface area contributed by atoms with Gasteiger partial charge >= 0.3 is 0 Å². The normalized spacial score (nSPS) is 20.6. The van der Waals surface area contributed by atoms with E-state index in [-0.39, 0.29) is 0 Å². The summed E-state index contributed by atoms with van der Waals surface area (Å²) in [5.74, 6) is 1.09. The number of hydrogen-bond donors (Lipinski definition) is 1. The molecule has 0 amide bonds. The standard InChI is InChI=1S/C19H25Br2N3/c20-13-11-16(21)18-17(12-13)24(15-9-5-2-6-10-15)19(23-18)22-14-7-3-1-4-8-14/h11-12,14-15H,1-10H2,(H,22,23). The van der Waals surface area contributed by atoms with Crippen LogP contribution in [0.1, 0.15) is 70.3 Å². The summed E-state index contributed by atoms with van der Waals surface area (Å²) in [6.07, 6.45) is 13.2. The molecule has 0 spiro atoms. The number of nitrogens with zero attached hydrogens (tertiary/aromatic N) is 2. The number of fused-ring (bicyclic) bond motifs is 1. The molecule has 0 saturated heterocycles. The van der Waals surface area contributed by atoms with Gasteiger partial charge in [-0.3, -0.25) is 0 Å². The average molecular weight is 455 g/mol. The fourth-order valence-corrected chi connectivity index (χ4v) is 5.65. The molecule has 24 heavy (non-hydrogen) atoms. The molecule has 4 rings (SSSR count). The van der Waals surface area contributed by atoms with Crippen LogP contribution in [0.2, 0.25) is 0 Å². The molecule has 1 N–H and O–H groups in total. The summed E-state index contributed by atoms with van der Waals surface area (Å²) in [6, 6.07) is 5.50. The third-order valence-electron chi connectivity index (χ3n) is 5.59. The van der Waals surface area contributed by atoms with Gasteiger partial charge in [-0.15, -0.1) is 0 Å². The van der Waals surface area contributed by atoms with E-state index in [9.17, 15) is 0 Å². The monoisotopic (exact) mass is 453 g/mol. The Balaban J connectivity index is 1.76. The van der Waals surface area contributed by atoms with Gasteiger partial charge in [0.2, 0.25) is 5.95 Å². The van der Waals surface area contributed by atoms with Gasteiger partial charge in [-0.2, -0.15) is 0 Å². The maximum absolute atomic E-state index is 5.01. The van der Waals surface area contributed by atoms with Crippen molar-refractivity contribution in [2.75, 3.05) is 5.32 Å². The molecule has 0 radical (unpaired) electrons. The molecular weight excluding hydrogens is 430 g/mol. The molecule has 3 nitrogen and oxygen atoms in total. The van der Waals surface area contributed by atoms with Gasteiger partial charge in [0.1, 0.15) is 5.52 Å². The summed E-state index contributed by atoms with van der Waals surface area (Å²) in [6.45, 7) is 0. The van der Waals surface area contributed by atoms with E-state index in [1.165, 1.54) is 69.7 Å². The van der Waals surface area contributed by atoms with Crippen molar-refractivity contribution in [1.29, 1.82) is 0 Å². The van der Waals surface area contributed by atoms with Gasteiger partial charge in [-0.1, -0.05) is 54.5 Å². The number of hydrogen-bond acceptors (Lipinski definition) is 2. The molecule has 1 aromatic carbocycles. The zero-order chi connectivity index (χ0) is 16.5. The van der Waals surface area contributed by atoms with E-state index in [4.69, 9.17) is 4.98 Å². The number of aromatic nitrogens is 2. The molecule has 2 aromatic rings. The Labute approximate surface area is 160 Å². The number of benzene rings is 1. The summed E-state index contributed by atoms with van der Waals surface area (Å²) < 4.78 is 4.69. The Morgan fingerprint density at radius 2 is 1.58 bits per heavy atom. The van der Waals surface area contributed by atoms with Gasteiger partial charge in [0.05, 0.1) is 5.52 Å². The number of imidazole rings is 1. The van der Waals surface area contributed by atoms with Crippen LogP contribution >= 0.6 is 31.9 Å². The third-order valence-corrected chi connectivity index (χ3v) is 6.65. The lowest BCUT2D eigenvalue weighted by Gasteiger charge is -2.28. The predicted octanol–water partition coefficient (Wildman–Crippen LogP) is 6.81. The molecule has 5 heteroatoms. The van der Waals surface area contributed by atoms with Crippen LogP contribution in [-0.4, -0.2) is 15.6 Å². The van der Waals surface area contributed by atoms with Crippen LogP contribution in [0.15, 0.2) is 21.1 Å². The van der Waals surface area contributed by atoms with E-state index < -0.39 is 0 Å². The first-order valence-electron chi connectivity index (χ1n) is 9.36. The van der Waals surface area contributed by atoms with E-state index in [0.717, 1.165) is 20.4 Å². The van der Waals surface area contributed by atoms with Crippen LogP contribution in [0.4, 0.5) is 5.95 Å². The van der Waals surface area contributed by atoms with Gasteiger partial charge < -0.3 is 9.88 Å². The molecule has 130 valence electrons. The number of halogens is 2. The Kier molecular flexibility index (Phi) is 5.18. The van der Waals surface area contributed by atoms with Crippen molar-refractivity contribution in [1.82, 2.24) is 9.55 Å². The molecule has 0 bridgehead atoms. The Hall–Kier alpha value is -0.550. The molecule has 1 aromatic heterocycles. The first kappa shape index (κ1) is 16.9. The van der Waals surface area contributed by atoms with Crippen LogP contribution in [0.25, 0.3) is 11.0 Å². The molecule has 0 atom stereocenters. The minimum absolute atomic E-state index is 0.580. The van der Waals surface area contributed by atoms with E-state index in [1.807, 2.05) is 0 Å². The summed E-state index contributed by atoms with van der Waals surface area (Å²) in [7, 11) is 0. The van der Waals surface area contributed by atoms with Crippen molar-refractivity contribution in [2.45, 2.75) is 76.3 Å². The van der Waals surface area contributed by atoms with Crippen molar-refractivity contribution < 1.29 is 0 Å². The topological polar surface area (TPSA) is 29.9 Å². The smallest absolute Gasteiger partial charge is 0.204 e. The van der Waals surface area contributed by atoms with E-state index in [1.54, 1.807) is 0 Å². The highest BCUT2D eigenvalue weighted by atomic mass is 79.9. The zero-order valence-electron chi connectivity index (χ0n) is 14.0. The molecule has 2 saturated carbocycles. The van der Waals surface area contributed by atoms with Crippen LogP contribution in [0.5, 0.6) is 0 Å². The molecule has 1 heterocycles. The van der Waals surface area contributed by atoms with E-state index in [2.05, 4.69) is 53.9 Å². The van der Waals surface area contributed by atoms with Gasteiger partial charge in [0.25, 0.3) is 0 Å². The zero-order valence-corrected chi connectivity index (χ0v) is 17.2. The third kappa shape index (κ3) is 3.39. The highest BCUT2D eigenvalue weighted by molar-refractivity contribution is 9.11. The molecule has 2 aliphatic rings. The van der Waals surface area contributed by atoms with Crippen LogP contribution < -0.4 is 5.32 Å². The van der Waals surface area contributed by atoms with Gasteiger partial charge in [0, 0.05) is 21.0 Å². The highest BCUT2D eigenvalue weighted by Crippen LogP contribution is 2.38. The molecule has 0 unspecified atom stereocenters.